The average Bonchev–Trinajstić information content (AvgIpc) is 2.36. The van der Waals surface area contributed by atoms with Gasteiger partial charge in [-0.05, 0) is 24.7 Å². The lowest BCUT2D eigenvalue weighted by molar-refractivity contribution is 0.293. The van der Waals surface area contributed by atoms with Gasteiger partial charge < -0.3 is 15.8 Å². The zero-order valence-corrected chi connectivity index (χ0v) is 11.0. The van der Waals surface area contributed by atoms with Crippen LogP contribution in [-0.4, -0.2) is 28.6 Å². The van der Waals surface area contributed by atoms with Crippen LogP contribution in [-0.2, 0) is 0 Å². The molecule has 1 heterocycles. The van der Waals surface area contributed by atoms with Crippen LogP contribution in [0.4, 0.5) is 11.9 Å². The molecule has 2 rings (SSSR count). The van der Waals surface area contributed by atoms with Crippen LogP contribution in [0, 0.1) is 11.8 Å². The van der Waals surface area contributed by atoms with Crippen LogP contribution in [0.5, 0.6) is 6.01 Å². The minimum atomic E-state index is 0.182. The average molecular weight is 251 g/mol. The molecule has 6 heteroatoms. The molecule has 0 bridgehead atoms. The van der Waals surface area contributed by atoms with E-state index in [0.717, 1.165) is 12.5 Å². The van der Waals surface area contributed by atoms with E-state index in [0.29, 0.717) is 11.9 Å². The Balaban J connectivity index is 1.91. The van der Waals surface area contributed by atoms with Gasteiger partial charge in [-0.2, -0.15) is 15.0 Å². The van der Waals surface area contributed by atoms with Crippen LogP contribution in [0.2, 0.25) is 0 Å². The summed E-state index contributed by atoms with van der Waals surface area (Å²) < 4.78 is 4.96. The van der Waals surface area contributed by atoms with Gasteiger partial charge >= 0.3 is 6.01 Å². The van der Waals surface area contributed by atoms with E-state index in [4.69, 9.17) is 10.5 Å². The quantitative estimate of drug-likeness (QED) is 0.847. The highest BCUT2D eigenvalue weighted by molar-refractivity contribution is 5.32. The molecule has 3 N–H and O–H groups in total. The minimum Gasteiger partial charge on any atom is -0.467 e. The molecule has 1 aliphatic rings. The van der Waals surface area contributed by atoms with Gasteiger partial charge in [-0.25, -0.2) is 0 Å². The summed E-state index contributed by atoms with van der Waals surface area (Å²) >= 11 is 0. The van der Waals surface area contributed by atoms with Crippen LogP contribution in [0.1, 0.15) is 32.6 Å². The summed E-state index contributed by atoms with van der Waals surface area (Å²) in [5.74, 6) is 2.19. The Morgan fingerprint density at radius 3 is 2.89 bits per heavy atom. The highest BCUT2D eigenvalue weighted by atomic mass is 16.5. The van der Waals surface area contributed by atoms with Crippen molar-refractivity contribution in [1.82, 2.24) is 15.0 Å². The molecule has 0 spiro atoms. The maximum atomic E-state index is 5.58. The fraction of sp³-hybridized carbons (Fsp3) is 0.750. The maximum Gasteiger partial charge on any atom is 0.322 e. The molecule has 1 fully saturated rings. The first-order valence-electron chi connectivity index (χ1n) is 6.46. The molecule has 1 aromatic rings. The normalized spacial score (nSPS) is 23.7. The highest BCUT2D eigenvalue weighted by Gasteiger charge is 2.19. The summed E-state index contributed by atoms with van der Waals surface area (Å²) in [6.45, 7) is 3.20. The molecule has 1 aliphatic carbocycles. The summed E-state index contributed by atoms with van der Waals surface area (Å²) in [5.41, 5.74) is 5.58. The van der Waals surface area contributed by atoms with Crippen molar-refractivity contribution in [2.75, 3.05) is 24.7 Å². The van der Waals surface area contributed by atoms with Gasteiger partial charge in [0, 0.05) is 6.54 Å². The number of hydrogen-bond donors (Lipinski definition) is 2. The first kappa shape index (κ1) is 12.9. The lowest BCUT2D eigenvalue weighted by Gasteiger charge is -2.26. The number of nitrogens with two attached hydrogens (primary N) is 1. The van der Waals surface area contributed by atoms with Crippen LogP contribution in [0.15, 0.2) is 0 Å². The summed E-state index contributed by atoms with van der Waals surface area (Å²) in [6.07, 6.45) is 5.21. The second-order valence-corrected chi connectivity index (χ2v) is 5.02. The Morgan fingerprint density at radius 1 is 1.33 bits per heavy atom. The number of nitrogens with zero attached hydrogens (tertiary/aromatic N) is 3. The molecule has 0 aromatic carbocycles. The van der Waals surface area contributed by atoms with E-state index in [1.165, 1.54) is 32.8 Å². The fourth-order valence-corrected chi connectivity index (χ4v) is 2.52. The van der Waals surface area contributed by atoms with E-state index in [1.807, 2.05) is 0 Å². The van der Waals surface area contributed by atoms with E-state index >= 15 is 0 Å². The molecule has 0 radical (unpaired) electrons. The third-order valence-electron chi connectivity index (χ3n) is 3.41. The van der Waals surface area contributed by atoms with E-state index in [-0.39, 0.29) is 12.0 Å². The van der Waals surface area contributed by atoms with E-state index in [9.17, 15) is 0 Å². The molecular weight excluding hydrogens is 230 g/mol. The number of rotatable bonds is 4. The second kappa shape index (κ2) is 5.84. The Labute approximate surface area is 107 Å². The molecule has 100 valence electrons. The Bertz CT molecular complexity index is 398. The SMILES string of the molecule is COc1nc(N)nc(NCC2CCCC(C)C2)n1. The Hall–Kier alpha value is -1.59. The standard InChI is InChI=1S/C12H21N5O/c1-8-4-3-5-9(6-8)7-14-11-15-10(13)16-12(17-11)18-2/h8-9H,3-7H2,1-2H3,(H3,13,14,15,16,17). The molecule has 0 amide bonds. The number of anilines is 2. The fourth-order valence-electron chi connectivity index (χ4n) is 2.52. The zero-order chi connectivity index (χ0) is 13.0. The van der Waals surface area contributed by atoms with Gasteiger partial charge in [0.15, 0.2) is 0 Å². The first-order valence-corrected chi connectivity index (χ1v) is 6.46. The topological polar surface area (TPSA) is 86.0 Å². The second-order valence-electron chi connectivity index (χ2n) is 5.02. The molecule has 2 unspecified atom stereocenters. The summed E-state index contributed by atoms with van der Waals surface area (Å²) in [5, 5.41) is 3.23. The van der Waals surface area contributed by atoms with Gasteiger partial charge in [-0.3, -0.25) is 0 Å². The highest BCUT2D eigenvalue weighted by Crippen LogP contribution is 2.28. The molecular formula is C12H21N5O. The van der Waals surface area contributed by atoms with Gasteiger partial charge in [0.1, 0.15) is 0 Å². The van der Waals surface area contributed by atoms with Gasteiger partial charge in [-0.15, -0.1) is 0 Å². The molecule has 1 saturated carbocycles. The van der Waals surface area contributed by atoms with Crippen molar-refractivity contribution in [2.45, 2.75) is 32.6 Å². The molecule has 0 aliphatic heterocycles. The van der Waals surface area contributed by atoms with Crippen LogP contribution >= 0.6 is 0 Å². The zero-order valence-electron chi connectivity index (χ0n) is 11.0. The van der Waals surface area contributed by atoms with Gasteiger partial charge in [0.25, 0.3) is 0 Å². The lowest BCUT2D eigenvalue weighted by atomic mass is 9.82. The Kier molecular flexibility index (Phi) is 4.17. The third-order valence-corrected chi connectivity index (χ3v) is 3.41. The van der Waals surface area contributed by atoms with Crippen molar-refractivity contribution in [1.29, 1.82) is 0 Å². The first-order chi connectivity index (χ1) is 8.67. The molecule has 0 saturated heterocycles. The van der Waals surface area contributed by atoms with Crippen molar-refractivity contribution < 1.29 is 4.74 Å². The number of methoxy groups -OCH3 is 1. The largest absolute Gasteiger partial charge is 0.467 e. The lowest BCUT2D eigenvalue weighted by Crippen LogP contribution is -2.22. The van der Waals surface area contributed by atoms with Crippen LogP contribution in [0.3, 0.4) is 0 Å². The van der Waals surface area contributed by atoms with E-state index in [1.54, 1.807) is 0 Å². The molecule has 6 nitrogen and oxygen atoms in total. The number of nitrogens with one attached hydrogen (secondary N) is 1. The summed E-state index contributed by atoms with van der Waals surface area (Å²) in [7, 11) is 1.52. The van der Waals surface area contributed by atoms with Gasteiger partial charge in [0.05, 0.1) is 7.11 Å². The predicted octanol–water partition coefficient (Wildman–Crippen LogP) is 1.70. The van der Waals surface area contributed by atoms with Crippen molar-refractivity contribution in [3.63, 3.8) is 0 Å². The number of hydrogen-bond acceptors (Lipinski definition) is 6. The number of aromatic nitrogens is 3. The minimum absolute atomic E-state index is 0.182. The summed E-state index contributed by atoms with van der Waals surface area (Å²) in [6, 6.07) is 0.252. The molecule has 18 heavy (non-hydrogen) atoms. The summed E-state index contributed by atoms with van der Waals surface area (Å²) in [4.78, 5) is 12.0. The smallest absolute Gasteiger partial charge is 0.322 e. The molecule has 1 aromatic heterocycles. The molecule has 2 atom stereocenters. The van der Waals surface area contributed by atoms with E-state index < -0.39 is 0 Å². The van der Waals surface area contributed by atoms with E-state index in [2.05, 4.69) is 27.2 Å². The predicted molar refractivity (Wildman–Crippen MR) is 70.4 cm³/mol. The number of nitrogen functional groups attached to an aromatic ring is 1. The van der Waals surface area contributed by atoms with Gasteiger partial charge in [-0.1, -0.05) is 19.8 Å². The van der Waals surface area contributed by atoms with Gasteiger partial charge in [0.2, 0.25) is 11.9 Å². The maximum absolute atomic E-state index is 5.58. The third kappa shape index (κ3) is 3.45. The van der Waals surface area contributed by atoms with Crippen LogP contribution < -0.4 is 15.8 Å². The van der Waals surface area contributed by atoms with Crippen molar-refractivity contribution in [2.24, 2.45) is 11.8 Å². The van der Waals surface area contributed by atoms with Crippen molar-refractivity contribution in [3.05, 3.63) is 0 Å². The number of ether oxygens (including phenoxy) is 1. The van der Waals surface area contributed by atoms with Crippen LogP contribution in [0.25, 0.3) is 0 Å². The van der Waals surface area contributed by atoms with Crippen molar-refractivity contribution >= 4 is 11.9 Å². The Morgan fingerprint density at radius 2 is 2.17 bits per heavy atom. The van der Waals surface area contributed by atoms with Crippen molar-refractivity contribution in [3.8, 4) is 6.01 Å². The monoisotopic (exact) mass is 251 g/mol.